The molecule has 17 heavy (non-hydrogen) atoms. The Morgan fingerprint density at radius 2 is 2.12 bits per heavy atom. The van der Waals surface area contributed by atoms with Crippen LogP contribution >= 0.6 is 11.6 Å². The molecule has 1 heterocycles. The highest BCUT2D eigenvalue weighted by Gasteiger charge is 2.26. The third-order valence-corrected chi connectivity index (χ3v) is 3.67. The maximum absolute atomic E-state index is 12.1. The van der Waals surface area contributed by atoms with Crippen LogP contribution in [0.3, 0.4) is 0 Å². The smallest absolute Gasteiger partial charge is 0.297 e. The average molecular weight is 257 g/mol. The molecule has 1 N–H and O–H groups in total. The number of H-pyrrole nitrogens is 1. The highest BCUT2D eigenvalue weighted by molar-refractivity contribution is 6.30. The van der Waals surface area contributed by atoms with Gasteiger partial charge in [-0.05, 0) is 25.7 Å². The second-order valence-corrected chi connectivity index (χ2v) is 5.16. The van der Waals surface area contributed by atoms with Crippen LogP contribution in [0.25, 0.3) is 0 Å². The van der Waals surface area contributed by atoms with Crippen LogP contribution in [0.1, 0.15) is 44.7 Å². The number of nitrogens with one attached hydrogen (secondary N) is 1. The van der Waals surface area contributed by atoms with Gasteiger partial charge in [-0.15, -0.1) is 0 Å². The van der Waals surface area contributed by atoms with Gasteiger partial charge in [0.1, 0.15) is 5.15 Å². The number of hydrogen-bond donors (Lipinski definition) is 1. The molecule has 4 nitrogen and oxygen atoms in total. The van der Waals surface area contributed by atoms with Gasteiger partial charge in [-0.2, -0.15) is 0 Å². The van der Waals surface area contributed by atoms with Crippen LogP contribution in [0.4, 0.5) is 0 Å². The molecule has 1 aromatic heterocycles. The molecule has 1 aliphatic rings. The van der Waals surface area contributed by atoms with Crippen molar-refractivity contribution >= 4 is 11.6 Å². The van der Waals surface area contributed by atoms with Crippen LogP contribution < -0.4 is 11.2 Å². The molecule has 0 bridgehead atoms. The second kappa shape index (κ2) is 4.69. The average Bonchev–Trinajstić information content (AvgIpc) is 3.01. The minimum absolute atomic E-state index is 0.0543. The zero-order valence-electron chi connectivity index (χ0n) is 10.1. The lowest BCUT2D eigenvalue weighted by molar-refractivity contribution is 0.444. The largest absolute Gasteiger partial charge is 0.329 e. The van der Waals surface area contributed by atoms with Gasteiger partial charge in [0.25, 0.3) is 5.56 Å². The number of aromatic nitrogens is 2. The van der Waals surface area contributed by atoms with Crippen molar-refractivity contribution in [2.75, 3.05) is 0 Å². The fourth-order valence-electron chi connectivity index (χ4n) is 2.21. The highest BCUT2D eigenvalue weighted by atomic mass is 35.5. The second-order valence-electron chi connectivity index (χ2n) is 4.78. The van der Waals surface area contributed by atoms with Crippen molar-refractivity contribution in [2.45, 2.75) is 45.6 Å². The molecule has 1 unspecified atom stereocenters. The summed E-state index contributed by atoms with van der Waals surface area (Å²) in [5.74, 6) is 0.678. The fraction of sp³-hybridized carbons (Fsp3) is 0.667. The lowest BCUT2D eigenvalue weighted by atomic mass is 10.1. The van der Waals surface area contributed by atoms with Gasteiger partial charge in [0.15, 0.2) is 0 Å². The van der Waals surface area contributed by atoms with Gasteiger partial charge in [0.05, 0.1) is 5.56 Å². The van der Waals surface area contributed by atoms with Gasteiger partial charge < -0.3 is 0 Å². The third kappa shape index (κ3) is 2.46. The van der Waals surface area contributed by atoms with Gasteiger partial charge in [-0.1, -0.05) is 31.4 Å². The van der Waals surface area contributed by atoms with Crippen molar-refractivity contribution in [2.24, 2.45) is 5.92 Å². The first-order chi connectivity index (χ1) is 8.04. The predicted octanol–water partition coefficient (Wildman–Crippen LogP) is 2.11. The standard InChI is InChI=1S/C12H17ClN2O2/c1-3-9-10(13)14-12(17)15(11(9)16)7(2)6-8-4-5-8/h7-8H,3-6H2,1-2H3,(H,14,17). The summed E-state index contributed by atoms with van der Waals surface area (Å²) in [5.41, 5.74) is -0.145. The Morgan fingerprint density at radius 3 is 2.65 bits per heavy atom. The number of rotatable bonds is 4. The molecule has 1 aromatic rings. The van der Waals surface area contributed by atoms with E-state index in [9.17, 15) is 9.59 Å². The minimum Gasteiger partial charge on any atom is -0.297 e. The summed E-state index contributed by atoms with van der Waals surface area (Å²) in [6.07, 6.45) is 3.86. The van der Waals surface area contributed by atoms with Crippen LogP contribution in [0, 0.1) is 5.92 Å². The SMILES string of the molecule is CCc1c(Cl)[nH]c(=O)n(C(C)CC2CC2)c1=O. The maximum Gasteiger partial charge on any atom is 0.329 e. The van der Waals surface area contributed by atoms with Crippen molar-refractivity contribution in [1.82, 2.24) is 9.55 Å². The Bertz CT molecular complexity index is 528. The number of aromatic amines is 1. The monoisotopic (exact) mass is 256 g/mol. The number of nitrogens with zero attached hydrogens (tertiary/aromatic N) is 1. The summed E-state index contributed by atoms with van der Waals surface area (Å²) in [5, 5.41) is 0.178. The Hall–Kier alpha value is -1.03. The van der Waals surface area contributed by atoms with E-state index in [1.165, 1.54) is 17.4 Å². The summed E-state index contributed by atoms with van der Waals surface area (Å²) in [6.45, 7) is 3.78. The molecule has 94 valence electrons. The van der Waals surface area contributed by atoms with Crippen LogP contribution in [0.15, 0.2) is 9.59 Å². The van der Waals surface area contributed by atoms with Gasteiger partial charge in [-0.25, -0.2) is 4.79 Å². The van der Waals surface area contributed by atoms with Crippen LogP contribution in [-0.2, 0) is 6.42 Å². The first kappa shape index (κ1) is 12.4. The van der Waals surface area contributed by atoms with E-state index in [2.05, 4.69) is 4.98 Å². The Labute approximate surface area is 105 Å². The van der Waals surface area contributed by atoms with Crippen molar-refractivity contribution in [1.29, 1.82) is 0 Å². The normalized spacial score (nSPS) is 17.1. The molecule has 0 aliphatic heterocycles. The van der Waals surface area contributed by atoms with E-state index in [1.807, 2.05) is 13.8 Å². The van der Waals surface area contributed by atoms with E-state index in [0.717, 1.165) is 6.42 Å². The zero-order chi connectivity index (χ0) is 12.6. The van der Waals surface area contributed by atoms with Crippen LogP contribution in [0.2, 0.25) is 5.15 Å². The molecule has 1 saturated carbocycles. The van der Waals surface area contributed by atoms with E-state index in [1.54, 1.807) is 0 Å². The first-order valence-corrected chi connectivity index (χ1v) is 6.45. The Kier molecular flexibility index (Phi) is 3.43. The molecule has 1 aliphatic carbocycles. The van der Waals surface area contributed by atoms with Crippen LogP contribution in [0.5, 0.6) is 0 Å². The van der Waals surface area contributed by atoms with E-state index in [-0.39, 0.29) is 16.8 Å². The molecular weight excluding hydrogens is 240 g/mol. The van der Waals surface area contributed by atoms with E-state index in [4.69, 9.17) is 11.6 Å². The molecule has 1 atom stereocenters. The van der Waals surface area contributed by atoms with Gasteiger partial charge in [-0.3, -0.25) is 14.3 Å². The summed E-state index contributed by atoms with van der Waals surface area (Å²) in [4.78, 5) is 26.5. The van der Waals surface area contributed by atoms with E-state index in [0.29, 0.717) is 17.9 Å². The summed E-state index contributed by atoms with van der Waals surface area (Å²) < 4.78 is 1.31. The maximum atomic E-state index is 12.1. The molecule has 0 radical (unpaired) electrons. The minimum atomic E-state index is -0.398. The molecule has 0 aromatic carbocycles. The zero-order valence-corrected chi connectivity index (χ0v) is 10.9. The first-order valence-electron chi connectivity index (χ1n) is 6.07. The topological polar surface area (TPSA) is 54.9 Å². The van der Waals surface area contributed by atoms with E-state index >= 15 is 0 Å². The van der Waals surface area contributed by atoms with Crippen molar-refractivity contribution in [3.8, 4) is 0 Å². The Morgan fingerprint density at radius 1 is 1.47 bits per heavy atom. The van der Waals surface area contributed by atoms with Crippen molar-refractivity contribution in [3.05, 3.63) is 31.6 Å². The predicted molar refractivity (Wildman–Crippen MR) is 67.8 cm³/mol. The quantitative estimate of drug-likeness (QED) is 0.839. The molecule has 0 spiro atoms. The van der Waals surface area contributed by atoms with E-state index < -0.39 is 5.69 Å². The highest BCUT2D eigenvalue weighted by Crippen LogP contribution is 2.36. The summed E-state index contributed by atoms with van der Waals surface area (Å²) >= 11 is 5.86. The molecule has 5 heteroatoms. The number of halogens is 1. The van der Waals surface area contributed by atoms with Gasteiger partial charge in [0, 0.05) is 6.04 Å². The van der Waals surface area contributed by atoms with Crippen LogP contribution in [-0.4, -0.2) is 9.55 Å². The molecular formula is C12H17ClN2O2. The molecule has 0 saturated heterocycles. The van der Waals surface area contributed by atoms with Crippen molar-refractivity contribution < 1.29 is 0 Å². The summed E-state index contributed by atoms with van der Waals surface area (Å²) in [7, 11) is 0. The third-order valence-electron chi connectivity index (χ3n) is 3.34. The molecule has 1 fully saturated rings. The lowest BCUT2D eigenvalue weighted by Gasteiger charge is -2.14. The van der Waals surface area contributed by atoms with Gasteiger partial charge in [0.2, 0.25) is 0 Å². The lowest BCUT2D eigenvalue weighted by Crippen LogP contribution is -2.39. The summed E-state index contributed by atoms with van der Waals surface area (Å²) in [6, 6.07) is -0.0543. The van der Waals surface area contributed by atoms with Crippen molar-refractivity contribution in [3.63, 3.8) is 0 Å². The number of hydrogen-bond acceptors (Lipinski definition) is 2. The molecule has 0 amide bonds. The van der Waals surface area contributed by atoms with Gasteiger partial charge >= 0.3 is 5.69 Å². The molecule has 2 rings (SSSR count). The fourth-order valence-corrected chi connectivity index (χ4v) is 2.50. The Balaban J connectivity index is 2.44.